The number of halogens is 1. The Morgan fingerprint density at radius 2 is 1.91 bits per heavy atom. The number of sulfonamides is 1. The van der Waals surface area contributed by atoms with Crippen molar-refractivity contribution >= 4 is 27.3 Å². The van der Waals surface area contributed by atoms with Gasteiger partial charge in [0, 0.05) is 5.56 Å². The Morgan fingerprint density at radius 1 is 1.09 bits per heavy atom. The number of aromatic nitrogens is 4. The molecule has 0 bridgehead atoms. The minimum atomic E-state index is -3.90. The number of nitrogens with one attached hydrogen (secondary N) is 1. The van der Waals surface area contributed by atoms with Crippen molar-refractivity contribution in [3.05, 3.63) is 58.3 Å². The molecule has 0 aliphatic carbocycles. The van der Waals surface area contributed by atoms with Crippen LogP contribution in [0.2, 0.25) is 5.02 Å². The third-order valence-corrected chi connectivity index (χ3v) is 4.59. The average molecular weight is 335 g/mol. The van der Waals surface area contributed by atoms with Crippen molar-refractivity contribution in [2.75, 3.05) is 0 Å². The minimum absolute atomic E-state index is 0.0402. The molecule has 1 aromatic heterocycles. The number of tetrazole rings is 1. The molecule has 3 rings (SSSR count). The number of nitrogens with zero attached hydrogens (tertiary/aromatic N) is 4. The van der Waals surface area contributed by atoms with Crippen LogP contribution in [-0.2, 0) is 10.0 Å². The van der Waals surface area contributed by atoms with Gasteiger partial charge in [0.2, 0.25) is 5.82 Å². The predicted octanol–water partition coefficient (Wildman–Crippen LogP) is 2.91. The Labute approximate surface area is 131 Å². The van der Waals surface area contributed by atoms with Crippen LogP contribution in [0, 0.1) is 0 Å². The lowest BCUT2D eigenvalue weighted by Gasteiger charge is -2.22. The summed E-state index contributed by atoms with van der Waals surface area (Å²) in [5.74, 6) is 0.354. The molecule has 0 radical (unpaired) electrons. The van der Waals surface area contributed by atoms with Crippen LogP contribution >= 0.6 is 11.6 Å². The second kappa shape index (κ2) is 5.74. The summed E-state index contributed by atoms with van der Waals surface area (Å²) in [5.41, 5.74) is 0.853. The van der Waals surface area contributed by atoms with Crippen molar-refractivity contribution < 1.29 is 8.42 Å². The molecule has 2 aromatic carbocycles. The molecule has 0 spiro atoms. The lowest BCUT2D eigenvalue weighted by Crippen LogP contribution is -1.98. The standard InChI is InChI=1S/C13H9ClN5O2S/c14-11-6-1-2-7-12(11)22(20,21)17-10-5-3-4-9(8-10)13-15-18-19-16-13/h1-8H,(H,15,16,18,19)/q-1. The highest BCUT2D eigenvalue weighted by Crippen LogP contribution is 2.32. The van der Waals surface area contributed by atoms with Gasteiger partial charge in [-0.25, -0.2) is 8.42 Å². The number of rotatable bonds is 4. The first-order chi connectivity index (χ1) is 10.6. The first-order valence-corrected chi connectivity index (χ1v) is 7.94. The van der Waals surface area contributed by atoms with Gasteiger partial charge < -0.3 is 4.72 Å². The molecule has 0 aliphatic heterocycles. The molecule has 0 aliphatic rings. The van der Waals surface area contributed by atoms with Crippen molar-refractivity contribution in [2.45, 2.75) is 4.90 Å². The van der Waals surface area contributed by atoms with Crippen molar-refractivity contribution in [1.82, 2.24) is 20.6 Å². The molecular formula is C13H9ClN5O2S-. The zero-order valence-electron chi connectivity index (χ0n) is 11.0. The Bertz CT molecular complexity index is 896. The zero-order chi connectivity index (χ0) is 15.6. The number of aromatic amines is 1. The van der Waals surface area contributed by atoms with Crippen LogP contribution < -0.4 is 0 Å². The number of benzene rings is 2. The first-order valence-electron chi connectivity index (χ1n) is 6.13. The maximum absolute atomic E-state index is 12.3. The van der Waals surface area contributed by atoms with Crippen molar-refractivity contribution in [3.63, 3.8) is 0 Å². The largest absolute Gasteiger partial charge is 0.573 e. The first kappa shape index (κ1) is 14.5. The minimum Gasteiger partial charge on any atom is -0.573 e. The van der Waals surface area contributed by atoms with Gasteiger partial charge >= 0.3 is 0 Å². The van der Waals surface area contributed by atoms with Crippen LogP contribution in [0.25, 0.3) is 16.1 Å². The summed E-state index contributed by atoms with van der Waals surface area (Å²) in [6.45, 7) is 0. The molecule has 0 atom stereocenters. The van der Waals surface area contributed by atoms with Crippen LogP contribution in [0.4, 0.5) is 5.69 Å². The molecule has 112 valence electrons. The van der Waals surface area contributed by atoms with Crippen LogP contribution in [0.1, 0.15) is 0 Å². The van der Waals surface area contributed by atoms with Crippen molar-refractivity contribution in [2.24, 2.45) is 0 Å². The Kier molecular flexibility index (Phi) is 3.78. The van der Waals surface area contributed by atoms with Gasteiger partial charge in [0.1, 0.15) is 10.0 Å². The van der Waals surface area contributed by atoms with Crippen molar-refractivity contribution in [3.8, 4) is 11.4 Å². The summed E-state index contributed by atoms with van der Waals surface area (Å²) < 4.78 is 28.4. The maximum Gasteiger partial charge on any atom is 0.204 e. The molecule has 3 aromatic rings. The van der Waals surface area contributed by atoms with Gasteiger partial charge in [-0.15, -0.1) is 15.9 Å². The van der Waals surface area contributed by atoms with E-state index in [0.29, 0.717) is 11.4 Å². The number of hydrogen-bond acceptors (Lipinski definition) is 5. The molecule has 1 N–H and O–H groups in total. The van der Waals surface area contributed by atoms with E-state index in [1.165, 1.54) is 12.1 Å². The third-order valence-electron chi connectivity index (χ3n) is 2.79. The molecule has 22 heavy (non-hydrogen) atoms. The van der Waals surface area contributed by atoms with Gasteiger partial charge in [-0.3, -0.25) is 0 Å². The highest BCUT2D eigenvalue weighted by Gasteiger charge is 2.09. The summed E-state index contributed by atoms with van der Waals surface area (Å²) in [6, 6.07) is 12.7. The van der Waals surface area contributed by atoms with Gasteiger partial charge in [-0.05, 0) is 17.3 Å². The Morgan fingerprint density at radius 3 is 2.64 bits per heavy atom. The lowest BCUT2D eigenvalue weighted by molar-refractivity contribution is 0.603. The van der Waals surface area contributed by atoms with E-state index in [-0.39, 0.29) is 15.6 Å². The summed E-state index contributed by atoms with van der Waals surface area (Å²) in [4.78, 5) is -0.0402. The smallest absolute Gasteiger partial charge is 0.204 e. The maximum atomic E-state index is 12.3. The summed E-state index contributed by atoms with van der Waals surface area (Å²) in [5, 5.41) is 13.6. The second-order valence-electron chi connectivity index (χ2n) is 4.28. The fourth-order valence-corrected chi connectivity index (χ4v) is 3.31. The van der Waals surface area contributed by atoms with E-state index in [9.17, 15) is 8.42 Å². The molecule has 7 nitrogen and oxygen atoms in total. The molecule has 0 fully saturated rings. The van der Waals surface area contributed by atoms with Crippen LogP contribution in [0.3, 0.4) is 0 Å². The SMILES string of the molecule is O=S(=O)([N-]c1cccc(-c2nn[nH]n2)c1)c1ccccc1Cl. The average Bonchev–Trinajstić information content (AvgIpc) is 3.01. The summed E-state index contributed by atoms with van der Waals surface area (Å²) in [6.07, 6.45) is 0. The monoisotopic (exact) mass is 334 g/mol. The van der Waals surface area contributed by atoms with E-state index in [1.807, 2.05) is 0 Å². The van der Waals surface area contributed by atoms with E-state index in [0.717, 1.165) is 0 Å². The zero-order valence-corrected chi connectivity index (χ0v) is 12.6. The Hall–Kier alpha value is -2.45. The summed E-state index contributed by atoms with van der Waals surface area (Å²) in [7, 11) is -3.90. The van der Waals surface area contributed by atoms with Crippen LogP contribution in [-0.4, -0.2) is 29.0 Å². The Balaban J connectivity index is 1.93. The molecule has 9 heteroatoms. The predicted molar refractivity (Wildman–Crippen MR) is 81.3 cm³/mol. The van der Waals surface area contributed by atoms with Gasteiger partial charge in [-0.2, -0.15) is 5.21 Å². The van der Waals surface area contributed by atoms with Gasteiger partial charge in [0.05, 0.1) is 9.92 Å². The fourth-order valence-electron chi connectivity index (χ4n) is 1.83. The lowest BCUT2D eigenvalue weighted by atomic mass is 10.2. The topological polar surface area (TPSA) is 103 Å². The quantitative estimate of drug-likeness (QED) is 0.790. The van der Waals surface area contributed by atoms with Crippen molar-refractivity contribution in [1.29, 1.82) is 0 Å². The van der Waals surface area contributed by atoms with Gasteiger partial charge in [0.25, 0.3) is 0 Å². The molecule has 0 saturated heterocycles. The number of H-pyrrole nitrogens is 1. The normalized spacial score (nSPS) is 11.3. The highest BCUT2D eigenvalue weighted by molar-refractivity contribution is 7.94. The summed E-state index contributed by atoms with van der Waals surface area (Å²) >= 11 is 5.92. The third kappa shape index (κ3) is 2.92. The van der Waals surface area contributed by atoms with E-state index in [1.54, 1.807) is 36.4 Å². The molecule has 0 unspecified atom stereocenters. The number of hydrogen-bond donors (Lipinski definition) is 1. The van der Waals surface area contributed by atoms with Crippen LogP contribution in [0.5, 0.6) is 0 Å². The fraction of sp³-hybridized carbons (Fsp3) is 0. The van der Waals surface area contributed by atoms with E-state index >= 15 is 0 Å². The molecular weight excluding hydrogens is 326 g/mol. The van der Waals surface area contributed by atoms with E-state index < -0.39 is 10.0 Å². The van der Waals surface area contributed by atoms with Gasteiger partial charge in [-0.1, -0.05) is 48.0 Å². The van der Waals surface area contributed by atoms with E-state index in [2.05, 4.69) is 25.3 Å². The van der Waals surface area contributed by atoms with E-state index in [4.69, 9.17) is 11.6 Å². The highest BCUT2D eigenvalue weighted by atomic mass is 35.5. The molecule has 1 heterocycles. The molecule has 0 saturated carbocycles. The molecule has 0 amide bonds. The second-order valence-corrected chi connectivity index (χ2v) is 6.26. The van der Waals surface area contributed by atoms with Crippen LogP contribution in [0.15, 0.2) is 53.4 Å². The van der Waals surface area contributed by atoms with Gasteiger partial charge in [0.15, 0.2) is 0 Å².